The monoisotopic (exact) mass is 421 g/mol. The summed E-state index contributed by atoms with van der Waals surface area (Å²) >= 11 is 0. The molecule has 0 aliphatic carbocycles. The van der Waals surface area contributed by atoms with Crippen molar-refractivity contribution in [2.75, 3.05) is 37.7 Å². The van der Waals surface area contributed by atoms with Crippen molar-refractivity contribution in [1.29, 1.82) is 0 Å². The van der Waals surface area contributed by atoms with Crippen molar-refractivity contribution in [3.8, 4) is 5.75 Å². The topological polar surface area (TPSA) is 96.5 Å². The highest BCUT2D eigenvalue weighted by atomic mass is 16.5. The maximum absolute atomic E-state index is 13.3. The number of carbonyl (C=O) groups is 2. The summed E-state index contributed by atoms with van der Waals surface area (Å²) in [5, 5.41) is 5.88. The molecule has 0 bridgehead atoms. The molecular weight excluding hydrogens is 394 g/mol. The summed E-state index contributed by atoms with van der Waals surface area (Å²) in [4.78, 5) is 36.6. The lowest BCUT2D eigenvalue weighted by atomic mass is 9.76. The van der Waals surface area contributed by atoms with Gasteiger partial charge in [-0.05, 0) is 37.5 Å². The third-order valence-electron chi connectivity index (χ3n) is 5.73. The molecule has 0 unspecified atom stereocenters. The number of allylic oxidation sites excluding steroid dienone is 1. The SMILES string of the molecule is O=C1NCCNC(=O)[C@]2(C/C=C/COc3ccccc31)CCCN(c1ncccn1)C2. The zero-order valence-electron chi connectivity index (χ0n) is 17.4. The molecule has 31 heavy (non-hydrogen) atoms. The molecule has 2 aliphatic rings. The number of anilines is 1. The van der Waals surface area contributed by atoms with Crippen molar-refractivity contribution in [1.82, 2.24) is 20.6 Å². The molecule has 8 nitrogen and oxygen atoms in total. The summed E-state index contributed by atoms with van der Waals surface area (Å²) in [6.07, 6.45) is 9.60. The number of ether oxygens (including phenoxy) is 1. The van der Waals surface area contributed by atoms with Crippen LogP contribution in [0.5, 0.6) is 5.75 Å². The van der Waals surface area contributed by atoms with Gasteiger partial charge in [-0.15, -0.1) is 0 Å². The van der Waals surface area contributed by atoms with Crippen LogP contribution in [0.1, 0.15) is 29.6 Å². The van der Waals surface area contributed by atoms with E-state index in [0.717, 1.165) is 19.4 Å². The van der Waals surface area contributed by atoms with E-state index in [-0.39, 0.29) is 11.8 Å². The van der Waals surface area contributed by atoms with Gasteiger partial charge in [0.05, 0.1) is 11.0 Å². The summed E-state index contributed by atoms with van der Waals surface area (Å²) < 4.78 is 5.82. The van der Waals surface area contributed by atoms with E-state index in [1.54, 1.807) is 36.7 Å². The molecule has 1 saturated heterocycles. The molecule has 1 atom stereocenters. The number of para-hydroxylation sites is 1. The standard InChI is InChI=1S/C23H27N5O3/c29-20-18-7-1-2-8-19(18)31-16-4-3-9-23(21(30)25-14-13-24-20)10-5-15-28(17-23)22-26-11-6-12-27-22/h1-4,6-8,11-12H,5,9-10,13-17H2,(H,24,29)(H,25,30)/b4-3+/t23-/m1/s1. The molecule has 1 aromatic heterocycles. The zero-order chi connectivity index (χ0) is 21.5. The number of amides is 2. The van der Waals surface area contributed by atoms with Crippen molar-refractivity contribution in [2.45, 2.75) is 19.3 Å². The molecule has 2 aliphatic heterocycles. The fraction of sp³-hybridized carbons (Fsp3) is 0.391. The smallest absolute Gasteiger partial charge is 0.255 e. The van der Waals surface area contributed by atoms with E-state index in [4.69, 9.17) is 4.74 Å². The minimum absolute atomic E-state index is 0.00888. The van der Waals surface area contributed by atoms with E-state index in [1.807, 2.05) is 18.2 Å². The second kappa shape index (κ2) is 9.59. The molecule has 2 amide bonds. The molecule has 1 aromatic carbocycles. The number of aromatic nitrogens is 2. The molecular formula is C23H27N5O3. The van der Waals surface area contributed by atoms with E-state index < -0.39 is 5.41 Å². The normalized spacial score (nSPS) is 23.7. The molecule has 3 heterocycles. The number of nitrogens with zero attached hydrogens (tertiary/aromatic N) is 3. The number of nitrogens with one attached hydrogen (secondary N) is 2. The van der Waals surface area contributed by atoms with Crippen LogP contribution in [-0.4, -0.2) is 54.6 Å². The summed E-state index contributed by atoms with van der Waals surface area (Å²) in [5.41, 5.74) is -0.0958. The molecule has 4 rings (SSSR count). The highest BCUT2D eigenvalue weighted by molar-refractivity contribution is 5.97. The highest BCUT2D eigenvalue weighted by Gasteiger charge is 2.41. The first kappa shape index (κ1) is 20.8. The lowest BCUT2D eigenvalue weighted by Crippen LogP contribution is -2.53. The van der Waals surface area contributed by atoms with Crippen molar-refractivity contribution in [2.24, 2.45) is 5.41 Å². The van der Waals surface area contributed by atoms with E-state index in [9.17, 15) is 9.59 Å². The Bertz CT molecular complexity index is 949. The highest BCUT2D eigenvalue weighted by Crippen LogP contribution is 2.35. The molecule has 2 aromatic rings. The van der Waals surface area contributed by atoms with Gasteiger partial charge in [0, 0.05) is 38.6 Å². The fourth-order valence-electron chi connectivity index (χ4n) is 4.13. The van der Waals surface area contributed by atoms with Crippen LogP contribution in [0.25, 0.3) is 0 Å². The maximum Gasteiger partial charge on any atom is 0.255 e. The van der Waals surface area contributed by atoms with E-state index in [2.05, 4.69) is 25.5 Å². The molecule has 0 saturated carbocycles. The second-order valence-electron chi connectivity index (χ2n) is 7.85. The van der Waals surface area contributed by atoms with Crippen molar-refractivity contribution >= 4 is 17.8 Å². The third-order valence-corrected chi connectivity index (χ3v) is 5.73. The Morgan fingerprint density at radius 1 is 1.00 bits per heavy atom. The van der Waals surface area contributed by atoms with Gasteiger partial charge in [0.2, 0.25) is 11.9 Å². The van der Waals surface area contributed by atoms with E-state index in [1.165, 1.54) is 0 Å². The van der Waals surface area contributed by atoms with Crippen LogP contribution in [0.2, 0.25) is 0 Å². The maximum atomic E-state index is 13.3. The lowest BCUT2D eigenvalue weighted by Gasteiger charge is -2.41. The van der Waals surface area contributed by atoms with Crippen LogP contribution in [-0.2, 0) is 4.79 Å². The fourth-order valence-corrected chi connectivity index (χ4v) is 4.13. The summed E-state index contributed by atoms with van der Waals surface area (Å²) in [6, 6.07) is 8.95. The third kappa shape index (κ3) is 4.84. The van der Waals surface area contributed by atoms with Gasteiger partial charge in [0.25, 0.3) is 5.91 Å². The number of rotatable bonds is 1. The van der Waals surface area contributed by atoms with Gasteiger partial charge in [0.1, 0.15) is 12.4 Å². The van der Waals surface area contributed by atoms with Crippen LogP contribution in [0.15, 0.2) is 54.9 Å². The largest absolute Gasteiger partial charge is 0.489 e. The first-order valence-electron chi connectivity index (χ1n) is 10.6. The van der Waals surface area contributed by atoms with Crippen molar-refractivity contribution in [3.63, 3.8) is 0 Å². The first-order valence-corrected chi connectivity index (χ1v) is 10.6. The number of fused-ring (bicyclic) bond motifs is 1. The van der Waals surface area contributed by atoms with Gasteiger partial charge in [-0.2, -0.15) is 0 Å². The van der Waals surface area contributed by atoms with E-state index in [0.29, 0.717) is 49.9 Å². The Balaban J connectivity index is 1.54. The molecule has 1 spiro atoms. The van der Waals surface area contributed by atoms with Crippen LogP contribution in [0.3, 0.4) is 0 Å². The Morgan fingerprint density at radius 3 is 2.68 bits per heavy atom. The molecule has 0 radical (unpaired) electrons. The van der Waals surface area contributed by atoms with Gasteiger partial charge in [-0.3, -0.25) is 9.59 Å². The Morgan fingerprint density at radius 2 is 1.81 bits per heavy atom. The van der Waals surface area contributed by atoms with Crippen LogP contribution in [0, 0.1) is 5.41 Å². The quantitative estimate of drug-likeness (QED) is 0.684. The number of hydrogen-bond donors (Lipinski definition) is 2. The molecule has 8 heteroatoms. The van der Waals surface area contributed by atoms with Crippen molar-refractivity contribution in [3.05, 3.63) is 60.4 Å². The van der Waals surface area contributed by atoms with Crippen LogP contribution < -0.4 is 20.3 Å². The zero-order valence-corrected chi connectivity index (χ0v) is 17.4. The number of carbonyl (C=O) groups excluding carboxylic acids is 2. The summed E-state index contributed by atoms with van der Waals surface area (Å²) in [5.74, 6) is 0.964. The Hall–Kier alpha value is -3.42. The lowest BCUT2D eigenvalue weighted by molar-refractivity contribution is -0.131. The Labute approximate surface area is 181 Å². The van der Waals surface area contributed by atoms with Gasteiger partial charge in [0.15, 0.2) is 0 Å². The second-order valence-corrected chi connectivity index (χ2v) is 7.85. The van der Waals surface area contributed by atoms with Crippen molar-refractivity contribution < 1.29 is 14.3 Å². The average Bonchev–Trinajstić information content (AvgIpc) is 2.82. The van der Waals surface area contributed by atoms with Gasteiger partial charge in [-0.25, -0.2) is 9.97 Å². The first-order chi connectivity index (χ1) is 15.2. The minimum Gasteiger partial charge on any atom is -0.489 e. The van der Waals surface area contributed by atoms with E-state index >= 15 is 0 Å². The summed E-state index contributed by atoms with van der Waals surface area (Å²) in [7, 11) is 0. The van der Waals surface area contributed by atoms with Crippen LogP contribution >= 0.6 is 0 Å². The number of benzene rings is 1. The molecule has 1 fully saturated rings. The average molecular weight is 422 g/mol. The van der Waals surface area contributed by atoms with Gasteiger partial charge < -0.3 is 20.3 Å². The number of hydrogen-bond acceptors (Lipinski definition) is 6. The Kier molecular flexibility index (Phi) is 6.45. The predicted molar refractivity (Wildman–Crippen MR) is 117 cm³/mol. The molecule has 162 valence electrons. The minimum atomic E-state index is -0.583. The summed E-state index contributed by atoms with van der Waals surface area (Å²) in [6.45, 7) is 2.40. The van der Waals surface area contributed by atoms with Gasteiger partial charge in [-0.1, -0.05) is 24.3 Å². The predicted octanol–water partition coefficient (Wildman–Crippen LogP) is 1.95. The van der Waals surface area contributed by atoms with Gasteiger partial charge >= 0.3 is 0 Å². The van der Waals surface area contributed by atoms with Crippen LogP contribution in [0.4, 0.5) is 5.95 Å². The number of piperidine rings is 1. The molecule has 2 N–H and O–H groups in total.